The van der Waals surface area contributed by atoms with Gasteiger partial charge in [-0.25, -0.2) is 0 Å². The average Bonchev–Trinajstić information content (AvgIpc) is 3.12. The lowest BCUT2D eigenvalue weighted by Gasteiger charge is -2.09. The number of nitrogens with one attached hydrogen (secondary N) is 1. The number of hydrogen-bond donors (Lipinski definition) is 1. The third-order valence-corrected chi connectivity index (χ3v) is 5.43. The van der Waals surface area contributed by atoms with Crippen LogP contribution in [0.2, 0.25) is 0 Å². The molecule has 172 valence electrons. The number of carbonyl (C=O) groups is 1. The summed E-state index contributed by atoms with van der Waals surface area (Å²) in [6, 6.07) is 24.2. The van der Waals surface area contributed by atoms with E-state index in [2.05, 4.69) is 10.4 Å². The minimum atomic E-state index is -0.413. The first-order valence-electron chi connectivity index (χ1n) is 10.8. The highest BCUT2D eigenvalue weighted by Crippen LogP contribution is 2.23. The number of anilines is 1. The van der Waals surface area contributed by atoms with Crippen molar-refractivity contribution in [3.8, 4) is 5.75 Å². The van der Waals surface area contributed by atoms with Crippen LogP contribution in [-0.2, 0) is 13.2 Å². The van der Waals surface area contributed by atoms with Gasteiger partial charge in [-0.15, -0.1) is 0 Å². The van der Waals surface area contributed by atoms with Crippen LogP contribution in [-0.4, -0.2) is 20.6 Å². The van der Waals surface area contributed by atoms with Gasteiger partial charge >= 0.3 is 5.69 Å². The molecular weight excluding hydrogens is 432 g/mol. The van der Waals surface area contributed by atoms with Gasteiger partial charge in [-0.05, 0) is 61.4 Å². The van der Waals surface area contributed by atoms with E-state index >= 15 is 0 Å². The number of hydrogen-bond acceptors (Lipinski definition) is 5. The Bertz CT molecular complexity index is 1300. The Labute approximate surface area is 197 Å². The largest absolute Gasteiger partial charge is 0.489 e. The van der Waals surface area contributed by atoms with Crippen LogP contribution < -0.4 is 10.1 Å². The molecule has 0 aliphatic rings. The second-order valence-corrected chi connectivity index (χ2v) is 7.88. The molecule has 8 heteroatoms. The maximum absolute atomic E-state index is 12.6. The zero-order valence-electron chi connectivity index (χ0n) is 18.9. The summed E-state index contributed by atoms with van der Waals surface area (Å²) < 4.78 is 7.37. The third kappa shape index (κ3) is 5.29. The monoisotopic (exact) mass is 456 g/mol. The van der Waals surface area contributed by atoms with E-state index in [1.165, 1.54) is 0 Å². The van der Waals surface area contributed by atoms with Crippen LogP contribution in [0.5, 0.6) is 5.75 Å². The maximum atomic E-state index is 12.6. The lowest BCUT2D eigenvalue weighted by Crippen LogP contribution is -2.12. The topological polar surface area (TPSA) is 99.3 Å². The lowest BCUT2D eigenvalue weighted by atomic mass is 10.1. The highest BCUT2D eigenvalue weighted by atomic mass is 16.6. The summed E-state index contributed by atoms with van der Waals surface area (Å²) in [4.78, 5) is 23.4. The molecule has 0 unspecified atom stereocenters. The maximum Gasteiger partial charge on any atom is 0.312 e. The predicted octanol–water partition coefficient (Wildman–Crippen LogP) is 5.29. The Morgan fingerprint density at radius 1 is 0.971 bits per heavy atom. The van der Waals surface area contributed by atoms with Crippen molar-refractivity contribution in [2.24, 2.45) is 0 Å². The highest BCUT2D eigenvalue weighted by Gasteiger charge is 2.21. The molecule has 1 amide bonds. The number of aryl methyl sites for hydroxylation is 1. The zero-order valence-corrected chi connectivity index (χ0v) is 18.9. The normalized spacial score (nSPS) is 10.6. The Kier molecular flexibility index (Phi) is 6.68. The Hall–Kier alpha value is -4.46. The highest BCUT2D eigenvalue weighted by molar-refractivity contribution is 6.04. The number of nitro groups is 1. The van der Waals surface area contributed by atoms with E-state index in [-0.39, 0.29) is 11.6 Å². The predicted molar refractivity (Wildman–Crippen MR) is 129 cm³/mol. The van der Waals surface area contributed by atoms with Gasteiger partial charge in [0.25, 0.3) is 5.91 Å². The van der Waals surface area contributed by atoms with Gasteiger partial charge in [0.05, 0.1) is 11.5 Å². The molecule has 0 saturated carbocycles. The molecule has 0 fully saturated rings. The smallest absolute Gasteiger partial charge is 0.312 e. The van der Waals surface area contributed by atoms with Crippen molar-refractivity contribution in [2.45, 2.75) is 27.0 Å². The Balaban J connectivity index is 1.35. The van der Waals surface area contributed by atoms with Crippen molar-refractivity contribution >= 4 is 17.3 Å². The average molecular weight is 457 g/mol. The van der Waals surface area contributed by atoms with Gasteiger partial charge < -0.3 is 10.1 Å². The van der Waals surface area contributed by atoms with Crippen LogP contribution in [0.1, 0.15) is 32.9 Å². The number of aromatic nitrogens is 2. The molecule has 0 spiro atoms. The number of amides is 1. The standard InChI is InChI=1S/C26H24N4O4/c1-18-25(30(32)33)19(2)29(28-18)16-20-8-10-22(11-9-20)26(31)27-23-12-14-24(15-13-23)34-17-21-6-4-3-5-7-21/h3-15H,16-17H2,1-2H3,(H,27,31). The molecule has 1 aromatic heterocycles. The molecule has 3 aromatic carbocycles. The molecule has 1 N–H and O–H groups in total. The van der Waals surface area contributed by atoms with Crippen molar-refractivity contribution < 1.29 is 14.5 Å². The fourth-order valence-electron chi connectivity index (χ4n) is 3.62. The van der Waals surface area contributed by atoms with Crippen molar-refractivity contribution in [1.82, 2.24) is 9.78 Å². The fourth-order valence-corrected chi connectivity index (χ4v) is 3.62. The van der Waals surface area contributed by atoms with Crippen LogP contribution in [0.4, 0.5) is 11.4 Å². The molecule has 0 bridgehead atoms. The molecule has 4 rings (SSSR count). The lowest BCUT2D eigenvalue weighted by molar-refractivity contribution is -0.386. The summed E-state index contributed by atoms with van der Waals surface area (Å²) in [5.41, 5.74) is 4.06. The second-order valence-electron chi connectivity index (χ2n) is 7.88. The van der Waals surface area contributed by atoms with E-state index in [0.717, 1.165) is 16.9 Å². The molecule has 0 saturated heterocycles. The van der Waals surface area contributed by atoms with Gasteiger partial charge in [-0.3, -0.25) is 19.6 Å². The van der Waals surface area contributed by atoms with Gasteiger partial charge in [0.2, 0.25) is 0 Å². The first-order valence-corrected chi connectivity index (χ1v) is 10.8. The van der Waals surface area contributed by atoms with Crippen LogP contribution in [0.15, 0.2) is 78.9 Å². The summed E-state index contributed by atoms with van der Waals surface area (Å²) in [6.07, 6.45) is 0. The van der Waals surface area contributed by atoms with Gasteiger partial charge in [-0.1, -0.05) is 42.5 Å². The Morgan fingerprint density at radius 3 is 2.26 bits per heavy atom. The van der Waals surface area contributed by atoms with Crippen molar-refractivity contribution in [3.05, 3.63) is 117 Å². The number of rotatable bonds is 8. The SMILES string of the molecule is Cc1nn(Cc2ccc(C(=O)Nc3ccc(OCc4ccccc4)cc3)cc2)c(C)c1[N+](=O)[O-]. The van der Waals surface area contributed by atoms with E-state index in [4.69, 9.17) is 4.74 Å². The number of benzene rings is 3. The van der Waals surface area contributed by atoms with E-state index < -0.39 is 4.92 Å². The molecule has 4 aromatic rings. The van der Waals surface area contributed by atoms with Crippen molar-refractivity contribution in [3.63, 3.8) is 0 Å². The molecule has 1 heterocycles. The fraction of sp³-hybridized carbons (Fsp3) is 0.154. The van der Waals surface area contributed by atoms with Crippen LogP contribution in [0.25, 0.3) is 0 Å². The molecule has 8 nitrogen and oxygen atoms in total. The van der Waals surface area contributed by atoms with Crippen LogP contribution in [0, 0.1) is 24.0 Å². The summed E-state index contributed by atoms with van der Waals surface area (Å²) in [5.74, 6) is 0.488. The first-order chi connectivity index (χ1) is 16.4. The van der Waals surface area contributed by atoms with Crippen LogP contribution >= 0.6 is 0 Å². The molecule has 34 heavy (non-hydrogen) atoms. The zero-order chi connectivity index (χ0) is 24.1. The minimum Gasteiger partial charge on any atom is -0.489 e. The Morgan fingerprint density at radius 2 is 1.65 bits per heavy atom. The van der Waals surface area contributed by atoms with Gasteiger partial charge in [0.1, 0.15) is 23.7 Å². The molecule has 0 aliphatic carbocycles. The summed E-state index contributed by atoms with van der Waals surface area (Å²) in [5, 5.41) is 18.3. The first kappa shape index (κ1) is 22.7. The minimum absolute atomic E-state index is 0.0347. The summed E-state index contributed by atoms with van der Waals surface area (Å²) in [6.45, 7) is 4.16. The summed E-state index contributed by atoms with van der Waals surface area (Å²) >= 11 is 0. The van der Waals surface area contributed by atoms with E-state index in [1.54, 1.807) is 42.8 Å². The van der Waals surface area contributed by atoms with Gasteiger partial charge in [-0.2, -0.15) is 5.10 Å². The van der Waals surface area contributed by atoms with Crippen molar-refractivity contribution in [1.29, 1.82) is 0 Å². The third-order valence-electron chi connectivity index (χ3n) is 5.43. The van der Waals surface area contributed by atoms with E-state index in [9.17, 15) is 14.9 Å². The number of ether oxygens (including phenoxy) is 1. The van der Waals surface area contributed by atoms with E-state index in [1.807, 2.05) is 54.6 Å². The van der Waals surface area contributed by atoms with Gasteiger partial charge in [0, 0.05) is 11.3 Å². The molecular formula is C26H24N4O4. The quantitative estimate of drug-likeness (QED) is 0.287. The molecule has 0 atom stereocenters. The molecule has 0 radical (unpaired) electrons. The van der Waals surface area contributed by atoms with Crippen molar-refractivity contribution in [2.75, 3.05) is 5.32 Å². The number of carbonyl (C=O) groups excluding carboxylic acids is 1. The number of nitrogens with zero attached hydrogens (tertiary/aromatic N) is 3. The summed E-state index contributed by atoms with van der Waals surface area (Å²) in [7, 11) is 0. The molecule has 0 aliphatic heterocycles. The van der Waals surface area contributed by atoms with Gasteiger partial charge in [0.15, 0.2) is 0 Å². The van der Waals surface area contributed by atoms with Crippen LogP contribution in [0.3, 0.4) is 0 Å². The second kappa shape index (κ2) is 9.99. The van der Waals surface area contributed by atoms with E-state index in [0.29, 0.717) is 35.8 Å².